The molecule has 1 fully saturated rings. The summed E-state index contributed by atoms with van der Waals surface area (Å²) in [7, 11) is 0. The van der Waals surface area contributed by atoms with E-state index in [1.807, 2.05) is 0 Å². The lowest BCUT2D eigenvalue weighted by Gasteiger charge is -2.08. The van der Waals surface area contributed by atoms with Gasteiger partial charge in [0.2, 0.25) is 5.91 Å². The van der Waals surface area contributed by atoms with Crippen LogP contribution >= 0.6 is 15.9 Å². The van der Waals surface area contributed by atoms with E-state index >= 15 is 0 Å². The van der Waals surface area contributed by atoms with Crippen LogP contribution in [0.15, 0.2) is 22.7 Å². The van der Waals surface area contributed by atoms with Crippen molar-refractivity contribution in [3.63, 3.8) is 0 Å². The maximum absolute atomic E-state index is 13.1. The fraction of sp³-hybridized carbons (Fsp3) is 0.429. The molecule has 20 heavy (non-hydrogen) atoms. The van der Waals surface area contributed by atoms with Crippen LogP contribution in [0.2, 0.25) is 0 Å². The van der Waals surface area contributed by atoms with Crippen LogP contribution in [0.25, 0.3) is 0 Å². The summed E-state index contributed by atoms with van der Waals surface area (Å²) in [5.74, 6) is -2.83. The van der Waals surface area contributed by atoms with Crippen molar-refractivity contribution >= 4 is 27.8 Å². The number of aliphatic carboxylic acids is 1. The minimum absolute atomic E-state index is 0.163. The Morgan fingerprint density at radius 1 is 1.40 bits per heavy atom. The first-order valence-electron chi connectivity index (χ1n) is 6.19. The molecule has 2 N–H and O–H groups in total. The number of hydrogen-bond acceptors (Lipinski definition) is 2. The van der Waals surface area contributed by atoms with Crippen molar-refractivity contribution in [3.8, 4) is 0 Å². The van der Waals surface area contributed by atoms with Crippen molar-refractivity contribution in [1.82, 2.24) is 5.32 Å². The summed E-state index contributed by atoms with van der Waals surface area (Å²) in [6.07, 6.45) is 0. The molecule has 0 bridgehead atoms. The molecule has 0 spiro atoms. The minimum atomic E-state index is -0.956. The van der Waals surface area contributed by atoms with Gasteiger partial charge in [0, 0.05) is 11.0 Å². The average molecular weight is 344 g/mol. The number of carboxylic acids is 1. The summed E-state index contributed by atoms with van der Waals surface area (Å²) >= 11 is 3.28. The van der Waals surface area contributed by atoms with Crippen molar-refractivity contribution in [1.29, 1.82) is 0 Å². The summed E-state index contributed by atoms with van der Waals surface area (Å²) in [6.45, 7) is 3.68. The van der Waals surface area contributed by atoms with Gasteiger partial charge in [-0.05, 0) is 29.2 Å². The number of benzene rings is 1. The highest BCUT2D eigenvalue weighted by Crippen LogP contribution is 2.58. The quantitative estimate of drug-likeness (QED) is 0.882. The van der Waals surface area contributed by atoms with Crippen LogP contribution in [-0.2, 0) is 16.1 Å². The second-order valence-electron chi connectivity index (χ2n) is 5.57. The number of carbonyl (C=O) groups is 2. The van der Waals surface area contributed by atoms with Gasteiger partial charge in [0.15, 0.2) is 0 Å². The topological polar surface area (TPSA) is 66.4 Å². The first kappa shape index (κ1) is 15.0. The van der Waals surface area contributed by atoms with Crippen molar-refractivity contribution in [2.45, 2.75) is 20.4 Å². The van der Waals surface area contributed by atoms with Crippen LogP contribution in [0, 0.1) is 23.1 Å². The fourth-order valence-electron chi connectivity index (χ4n) is 2.56. The van der Waals surface area contributed by atoms with Gasteiger partial charge in [0.05, 0.1) is 11.8 Å². The zero-order valence-electron chi connectivity index (χ0n) is 11.1. The SMILES string of the molecule is CC1(C)[C@H](C(=O)O)[C@@H]1C(=O)NCc1cc(F)ccc1Br. The third-order valence-electron chi connectivity index (χ3n) is 3.84. The predicted octanol–water partition coefficient (Wildman–Crippen LogP) is 2.56. The van der Waals surface area contributed by atoms with Crippen molar-refractivity contribution in [2.75, 3.05) is 0 Å². The molecule has 1 saturated carbocycles. The normalized spacial score (nSPS) is 23.2. The summed E-state index contributed by atoms with van der Waals surface area (Å²) < 4.78 is 13.8. The second-order valence-corrected chi connectivity index (χ2v) is 6.42. The molecule has 1 aromatic rings. The maximum atomic E-state index is 13.1. The first-order chi connectivity index (χ1) is 9.25. The Hall–Kier alpha value is -1.43. The monoisotopic (exact) mass is 343 g/mol. The number of amides is 1. The molecule has 1 aliphatic carbocycles. The highest BCUT2D eigenvalue weighted by atomic mass is 79.9. The van der Waals surface area contributed by atoms with Gasteiger partial charge >= 0.3 is 5.97 Å². The van der Waals surface area contributed by atoms with Crippen LogP contribution in [0.1, 0.15) is 19.4 Å². The van der Waals surface area contributed by atoms with Gasteiger partial charge < -0.3 is 10.4 Å². The summed E-state index contributed by atoms with van der Waals surface area (Å²) in [5, 5.41) is 11.7. The average Bonchev–Trinajstić information content (AvgIpc) is 2.93. The Labute approximate surface area is 124 Å². The summed E-state index contributed by atoms with van der Waals surface area (Å²) in [5.41, 5.74) is 0.0819. The first-order valence-corrected chi connectivity index (χ1v) is 6.99. The number of rotatable bonds is 4. The van der Waals surface area contributed by atoms with Gasteiger partial charge in [-0.2, -0.15) is 0 Å². The Morgan fingerprint density at radius 2 is 2.05 bits per heavy atom. The van der Waals surface area contributed by atoms with Gasteiger partial charge in [-0.3, -0.25) is 9.59 Å². The van der Waals surface area contributed by atoms with E-state index in [2.05, 4.69) is 21.2 Å². The Bertz CT molecular complexity index is 574. The molecule has 6 heteroatoms. The van der Waals surface area contributed by atoms with E-state index in [0.29, 0.717) is 10.0 Å². The third kappa shape index (κ3) is 2.70. The van der Waals surface area contributed by atoms with Gasteiger partial charge in [-0.1, -0.05) is 29.8 Å². The van der Waals surface area contributed by atoms with E-state index in [1.165, 1.54) is 12.1 Å². The molecule has 0 saturated heterocycles. The van der Waals surface area contributed by atoms with Crippen molar-refractivity contribution < 1.29 is 19.1 Å². The van der Waals surface area contributed by atoms with Gasteiger partial charge in [-0.15, -0.1) is 0 Å². The molecule has 1 amide bonds. The van der Waals surface area contributed by atoms with Crippen LogP contribution < -0.4 is 5.32 Å². The minimum Gasteiger partial charge on any atom is -0.481 e. The van der Waals surface area contributed by atoms with Gasteiger partial charge in [0.25, 0.3) is 0 Å². The zero-order chi connectivity index (χ0) is 15.1. The van der Waals surface area contributed by atoms with Crippen LogP contribution in [0.5, 0.6) is 0 Å². The summed E-state index contributed by atoms with van der Waals surface area (Å²) in [4.78, 5) is 23.0. The molecule has 0 radical (unpaired) electrons. The molecule has 0 unspecified atom stereocenters. The highest BCUT2D eigenvalue weighted by molar-refractivity contribution is 9.10. The molecular formula is C14H15BrFNO3. The molecule has 1 aromatic carbocycles. The number of halogens is 2. The number of carboxylic acid groups (broad SMARTS) is 1. The summed E-state index contributed by atoms with van der Waals surface area (Å²) in [6, 6.07) is 4.22. The fourth-order valence-corrected chi connectivity index (χ4v) is 2.95. The molecule has 1 aliphatic rings. The third-order valence-corrected chi connectivity index (χ3v) is 4.61. The number of hydrogen-bond donors (Lipinski definition) is 2. The van der Waals surface area contributed by atoms with E-state index in [-0.39, 0.29) is 18.3 Å². The zero-order valence-corrected chi connectivity index (χ0v) is 12.7. The smallest absolute Gasteiger partial charge is 0.307 e. The lowest BCUT2D eigenvalue weighted by molar-refractivity contribution is -0.140. The molecule has 0 heterocycles. The van der Waals surface area contributed by atoms with E-state index in [0.717, 1.165) is 0 Å². The van der Waals surface area contributed by atoms with E-state index in [9.17, 15) is 14.0 Å². The second kappa shape index (κ2) is 5.16. The molecule has 108 valence electrons. The molecule has 2 atom stereocenters. The highest BCUT2D eigenvalue weighted by Gasteiger charge is 2.65. The molecule has 4 nitrogen and oxygen atoms in total. The lowest BCUT2D eigenvalue weighted by Crippen LogP contribution is -2.27. The maximum Gasteiger partial charge on any atom is 0.307 e. The van der Waals surface area contributed by atoms with Gasteiger partial charge in [-0.25, -0.2) is 4.39 Å². The number of nitrogens with one attached hydrogen (secondary N) is 1. The lowest BCUT2D eigenvalue weighted by atomic mass is 10.1. The number of carbonyl (C=O) groups excluding carboxylic acids is 1. The Kier molecular flexibility index (Phi) is 3.86. The molecule has 0 aliphatic heterocycles. The van der Waals surface area contributed by atoms with E-state index in [1.54, 1.807) is 19.9 Å². The van der Waals surface area contributed by atoms with Crippen molar-refractivity contribution in [2.24, 2.45) is 17.3 Å². The van der Waals surface area contributed by atoms with Gasteiger partial charge in [0.1, 0.15) is 5.82 Å². The van der Waals surface area contributed by atoms with Crippen LogP contribution in [0.3, 0.4) is 0 Å². The van der Waals surface area contributed by atoms with E-state index < -0.39 is 23.2 Å². The Balaban J connectivity index is 2.00. The standard InChI is InChI=1S/C14H15BrFNO3/c1-14(2)10(11(14)13(19)20)12(18)17-6-7-5-8(16)3-4-9(7)15/h3-5,10-11H,6H2,1-2H3,(H,17,18)(H,19,20)/t10-,11+/m1/s1. The molecular weight excluding hydrogens is 329 g/mol. The van der Waals surface area contributed by atoms with E-state index in [4.69, 9.17) is 5.11 Å². The molecule has 2 rings (SSSR count). The Morgan fingerprint density at radius 3 is 2.60 bits per heavy atom. The van der Waals surface area contributed by atoms with Crippen LogP contribution in [0.4, 0.5) is 4.39 Å². The largest absolute Gasteiger partial charge is 0.481 e. The van der Waals surface area contributed by atoms with Crippen molar-refractivity contribution in [3.05, 3.63) is 34.1 Å². The van der Waals surface area contributed by atoms with Crippen LogP contribution in [-0.4, -0.2) is 17.0 Å². The molecule has 0 aromatic heterocycles. The predicted molar refractivity (Wildman–Crippen MR) is 74.3 cm³/mol.